The van der Waals surface area contributed by atoms with Crippen molar-refractivity contribution in [2.45, 2.75) is 26.7 Å². The molecule has 19 heavy (non-hydrogen) atoms. The van der Waals surface area contributed by atoms with Gasteiger partial charge in [0.1, 0.15) is 0 Å². The molecule has 2 aromatic rings. The molecule has 0 saturated heterocycles. The third kappa shape index (κ3) is 3.45. The Morgan fingerprint density at radius 3 is 2.53 bits per heavy atom. The SMILES string of the molecule is Cc1ccc(CCC(=O)c2ccccc2Cl)c(C)c1. The van der Waals surface area contributed by atoms with Gasteiger partial charge in [-0.15, -0.1) is 0 Å². The normalized spacial score (nSPS) is 10.5. The summed E-state index contributed by atoms with van der Waals surface area (Å²) in [5.41, 5.74) is 4.34. The number of aryl methyl sites for hydroxylation is 3. The van der Waals surface area contributed by atoms with Crippen LogP contribution in [0.4, 0.5) is 0 Å². The molecule has 0 fully saturated rings. The highest BCUT2D eigenvalue weighted by molar-refractivity contribution is 6.33. The first-order valence-corrected chi connectivity index (χ1v) is 6.79. The summed E-state index contributed by atoms with van der Waals surface area (Å²) in [6.45, 7) is 4.16. The van der Waals surface area contributed by atoms with Crippen molar-refractivity contribution in [1.29, 1.82) is 0 Å². The van der Waals surface area contributed by atoms with Gasteiger partial charge in [-0.3, -0.25) is 4.79 Å². The molecule has 98 valence electrons. The maximum atomic E-state index is 12.1. The molecule has 0 atom stereocenters. The van der Waals surface area contributed by atoms with E-state index in [0.29, 0.717) is 17.0 Å². The van der Waals surface area contributed by atoms with E-state index < -0.39 is 0 Å². The van der Waals surface area contributed by atoms with Crippen LogP contribution < -0.4 is 0 Å². The summed E-state index contributed by atoms with van der Waals surface area (Å²) in [5, 5.41) is 0.535. The molecule has 2 rings (SSSR count). The summed E-state index contributed by atoms with van der Waals surface area (Å²) in [6.07, 6.45) is 1.25. The first kappa shape index (κ1) is 13.8. The Kier molecular flexibility index (Phi) is 4.39. The van der Waals surface area contributed by atoms with Crippen molar-refractivity contribution in [3.05, 3.63) is 69.7 Å². The van der Waals surface area contributed by atoms with E-state index in [4.69, 9.17) is 11.6 Å². The molecule has 2 aromatic carbocycles. The molecular weight excluding hydrogens is 256 g/mol. The molecule has 0 amide bonds. The molecule has 0 aliphatic rings. The van der Waals surface area contributed by atoms with Gasteiger partial charge in [0, 0.05) is 12.0 Å². The van der Waals surface area contributed by atoms with Crippen molar-refractivity contribution < 1.29 is 4.79 Å². The quantitative estimate of drug-likeness (QED) is 0.733. The predicted octanol–water partition coefficient (Wildman–Crippen LogP) is 4.77. The van der Waals surface area contributed by atoms with Crippen LogP contribution in [0.25, 0.3) is 0 Å². The van der Waals surface area contributed by atoms with Crippen LogP contribution in [0, 0.1) is 13.8 Å². The Hall–Kier alpha value is -1.60. The minimum absolute atomic E-state index is 0.102. The Balaban J connectivity index is 2.07. The molecular formula is C17H17ClO. The lowest BCUT2D eigenvalue weighted by atomic mass is 9.98. The first-order valence-electron chi connectivity index (χ1n) is 6.42. The van der Waals surface area contributed by atoms with E-state index in [-0.39, 0.29) is 5.78 Å². The van der Waals surface area contributed by atoms with Gasteiger partial charge in [-0.1, -0.05) is 47.5 Å². The van der Waals surface area contributed by atoms with Gasteiger partial charge in [0.2, 0.25) is 0 Å². The van der Waals surface area contributed by atoms with E-state index in [1.54, 1.807) is 12.1 Å². The number of Topliss-reactive ketones (excluding diaryl/α,β-unsaturated/α-hetero) is 1. The fraction of sp³-hybridized carbons (Fsp3) is 0.235. The highest BCUT2D eigenvalue weighted by Crippen LogP contribution is 2.19. The molecule has 0 heterocycles. The lowest BCUT2D eigenvalue weighted by Gasteiger charge is -2.07. The second-order valence-electron chi connectivity index (χ2n) is 4.83. The fourth-order valence-corrected chi connectivity index (χ4v) is 2.44. The van der Waals surface area contributed by atoms with Crippen LogP contribution >= 0.6 is 11.6 Å². The number of carbonyl (C=O) groups is 1. The van der Waals surface area contributed by atoms with E-state index in [1.807, 2.05) is 12.1 Å². The summed E-state index contributed by atoms with van der Waals surface area (Å²) in [7, 11) is 0. The summed E-state index contributed by atoms with van der Waals surface area (Å²) in [6, 6.07) is 13.6. The lowest BCUT2D eigenvalue weighted by molar-refractivity contribution is 0.0983. The number of hydrogen-bond acceptors (Lipinski definition) is 1. The van der Waals surface area contributed by atoms with Gasteiger partial charge in [-0.25, -0.2) is 0 Å². The fourth-order valence-electron chi connectivity index (χ4n) is 2.20. The van der Waals surface area contributed by atoms with Crippen LogP contribution in [0.3, 0.4) is 0 Å². The molecule has 0 spiro atoms. The van der Waals surface area contributed by atoms with Crippen molar-refractivity contribution in [2.24, 2.45) is 0 Å². The molecule has 0 radical (unpaired) electrons. The van der Waals surface area contributed by atoms with Gasteiger partial charge >= 0.3 is 0 Å². The summed E-state index contributed by atoms with van der Waals surface area (Å²) in [4.78, 5) is 12.1. The smallest absolute Gasteiger partial charge is 0.164 e. The number of ketones is 1. The predicted molar refractivity (Wildman–Crippen MR) is 80.0 cm³/mol. The summed E-state index contributed by atoms with van der Waals surface area (Å²) >= 11 is 6.03. The maximum Gasteiger partial charge on any atom is 0.164 e. The molecule has 2 heteroatoms. The van der Waals surface area contributed by atoms with Crippen LogP contribution in [0.1, 0.15) is 33.5 Å². The molecule has 0 N–H and O–H groups in total. The second-order valence-corrected chi connectivity index (χ2v) is 5.24. The van der Waals surface area contributed by atoms with E-state index in [0.717, 1.165) is 6.42 Å². The number of benzene rings is 2. The molecule has 0 aliphatic carbocycles. The van der Waals surface area contributed by atoms with Gasteiger partial charge < -0.3 is 0 Å². The van der Waals surface area contributed by atoms with Crippen LogP contribution in [-0.4, -0.2) is 5.78 Å². The lowest BCUT2D eigenvalue weighted by Crippen LogP contribution is -2.03. The topological polar surface area (TPSA) is 17.1 Å². The van der Waals surface area contributed by atoms with Crippen LogP contribution in [0.2, 0.25) is 5.02 Å². The average Bonchev–Trinajstić information content (AvgIpc) is 2.38. The van der Waals surface area contributed by atoms with E-state index >= 15 is 0 Å². The van der Waals surface area contributed by atoms with Crippen molar-refractivity contribution in [2.75, 3.05) is 0 Å². The molecule has 0 unspecified atom stereocenters. The standard InChI is InChI=1S/C17H17ClO/c1-12-7-8-14(13(2)11-12)9-10-17(19)15-5-3-4-6-16(15)18/h3-8,11H,9-10H2,1-2H3. The van der Waals surface area contributed by atoms with Gasteiger partial charge in [-0.05, 0) is 43.5 Å². The number of halogens is 1. The number of carbonyl (C=O) groups excluding carboxylic acids is 1. The van der Waals surface area contributed by atoms with Crippen molar-refractivity contribution >= 4 is 17.4 Å². The Morgan fingerprint density at radius 1 is 1.11 bits per heavy atom. The first-order chi connectivity index (χ1) is 9.08. The van der Waals surface area contributed by atoms with Gasteiger partial charge in [0.15, 0.2) is 5.78 Å². The van der Waals surface area contributed by atoms with Gasteiger partial charge in [0.05, 0.1) is 5.02 Å². The van der Waals surface area contributed by atoms with Crippen molar-refractivity contribution in [3.8, 4) is 0 Å². The molecule has 0 aliphatic heterocycles. The highest BCUT2D eigenvalue weighted by atomic mass is 35.5. The van der Waals surface area contributed by atoms with Crippen molar-refractivity contribution in [3.63, 3.8) is 0 Å². The number of rotatable bonds is 4. The zero-order chi connectivity index (χ0) is 13.8. The Bertz CT molecular complexity index is 602. The minimum Gasteiger partial charge on any atom is -0.294 e. The molecule has 1 nitrogen and oxygen atoms in total. The second kappa shape index (κ2) is 6.03. The van der Waals surface area contributed by atoms with Crippen LogP contribution in [-0.2, 0) is 6.42 Å². The zero-order valence-corrected chi connectivity index (χ0v) is 12.0. The monoisotopic (exact) mass is 272 g/mol. The molecule has 0 saturated carbocycles. The number of hydrogen-bond donors (Lipinski definition) is 0. The van der Waals surface area contributed by atoms with Crippen molar-refractivity contribution in [1.82, 2.24) is 0 Å². The van der Waals surface area contributed by atoms with Gasteiger partial charge in [0.25, 0.3) is 0 Å². The zero-order valence-electron chi connectivity index (χ0n) is 11.2. The van der Waals surface area contributed by atoms with E-state index in [1.165, 1.54) is 16.7 Å². The van der Waals surface area contributed by atoms with E-state index in [9.17, 15) is 4.79 Å². The third-order valence-corrected chi connectivity index (χ3v) is 3.62. The average molecular weight is 273 g/mol. The summed E-state index contributed by atoms with van der Waals surface area (Å²) < 4.78 is 0. The van der Waals surface area contributed by atoms with Crippen LogP contribution in [0.5, 0.6) is 0 Å². The molecule has 0 aromatic heterocycles. The molecule has 0 bridgehead atoms. The largest absolute Gasteiger partial charge is 0.294 e. The summed E-state index contributed by atoms with van der Waals surface area (Å²) in [5.74, 6) is 0.102. The van der Waals surface area contributed by atoms with E-state index in [2.05, 4.69) is 32.0 Å². The highest BCUT2D eigenvalue weighted by Gasteiger charge is 2.10. The Morgan fingerprint density at radius 2 is 1.84 bits per heavy atom. The van der Waals surface area contributed by atoms with Crippen LogP contribution in [0.15, 0.2) is 42.5 Å². The Labute approximate surface area is 119 Å². The maximum absolute atomic E-state index is 12.1. The van der Waals surface area contributed by atoms with Gasteiger partial charge in [-0.2, -0.15) is 0 Å². The third-order valence-electron chi connectivity index (χ3n) is 3.29. The minimum atomic E-state index is 0.102.